The third kappa shape index (κ3) is 2.95. The molecule has 21 heavy (non-hydrogen) atoms. The van der Waals surface area contributed by atoms with E-state index in [0.717, 1.165) is 24.3 Å². The lowest BCUT2D eigenvalue weighted by Gasteiger charge is -2.14. The Hall–Kier alpha value is -2.20. The van der Waals surface area contributed by atoms with Crippen molar-refractivity contribution in [3.63, 3.8) is 0 Å². The Morgan fingerprint density at radius 3 is 2.81 bits per heavy atom. The molecule has 0 bridgehead atoms. The number of pyridine rings is 1. The number of hydrogen-bond donors (Lipinski definition) is 1. The Balaban J connectivity index is 1.66. The summed E-state index contributed by atoms with van der Waals surface area (Å²) in [6.45, 7) is 3.05. The summed E-state index contributed by atoms with van der Waals surface area (Å²) in [4.78, 5) is 8.88. The summed E-state index contributed by atoms with van der Waals surface area (Å²) in [5.41, 5.74) is 2.39. The van der Waals surface area contributed by atoms with Gasteiger partial charge in [0.25, 0.3) is 0 Å². The third-order valence-corrected chi connectivity index (χ3v) is 3.81. The van der Waals surface area contributed by atoms with Gasteiger partial charge < -0.3 is 9.88 Å². The second kappa shape index (κ2) is 6.06. The maximum atomic E-state index is 4.50. The van der Waals surface area contributed by atoms with E-state index >= 15 is 0 Å². The van der Waals surface area contributed by atoms with E-state index in [1.54, 1.807) is 0 Å². The lowest BCUT2D eigenvalue weighted by Crippen LogP contribution is -2.23. The van der Waals surface area contributed by atoms with Crippen molar-refractivity contribution in [3.8, 4) is 0 Å². The fourth-order valence-electron chi connectivity index (χ4n) is 2.68. The number of nitrogens with one attached hydrogen (secondary N) is 1. The van der Waals surface area contributed by atoms with E-state index in [2.05, 4.69) is 51.0 Å². The molecular weight excluding hydrogens is 260 g/mol. The van der Waals surface area contributed by atoms with E-state index in [0.29, 0.717) is 0 Å². The van der Waals surface area contributed by atoms with Gasteiger partial charge in [0.15, 0.2) is 0 Å². The van der Waals surface area contributed by atoms with Gasteiger partial charge in [-0.15, -0.1) is 0 Å². The van der Waals surface area contributed by atoms with Crippen LogP contribution in [0.3, 0.4) is 0 Å². The molecule has 4 heteroatoms. The number of hydrogen-bond acceptors (Lipinski definition) is 3. The highest BCUT2D eigenvalue weighted by Crippen LogP contribution is 2.16. The predicted molar refractivity (Wildman–Crippen MR) is 85.1 cm³/mol. The van der Waals surface area contributed by atoms with Crippen LogP contribution in [0, 0.1) is 0 Å². The Labute approximate surface area is 124 Å². The summed E-state index contributed by atoms with van der Waals surface area (Å²) >= 11 is 0. The number of benzene rings is 1. The van der Waals surface area contributed by atoms with Crippen molar-refractivity contribution >= 4 is 10.9 Å². The fraction of sp³-hybridized carbons (Fsp3) is 0.294. The molecule has 0 aliphatic rings. The quantitative estimate of drug-likeness (QED) is 0.781. The van der Waals surface area contributed by atoms with E-state index in [1.165, 1.54) is 10.9 Å². The van der Waals surface area contributed by atoms with Crippen LogP contribution in [-0.4, -0.2) is 21.1 Å². The Morgan fingerprint density at radius 1 is 1.14 bits per heavy atom. The van der Waals surface area contributed by atoms with Crippen LogP contribution in [0.15, 0.2) is 48.9 Å². The number of fused-ring (bicyclic) bond motifs is 1. The molecule has 0 spiro atoms. The van der Waals surface area contributed by atoms with Crippen molar-refractivity contribution in [3.05, 3.63) is 60.3 Å². The SMILES string of the molecule is CC(NCCc1cccc2cccnc12)c1nccn1C. The zero-order chi connectivity index (χ0) is 14.7. The smallest absolute Gasteiger partial charge is 0.125 e. The fourth-order valence-corrected chi connectivity index (χ4v) is 2.68. The molecule has 4 nitrogen and oxygen atoms in total. The minimum Gasteiger partial charge on any atom is -0.337 e. The van der Waals surface area contributed by atoms with Crippen molar-refractivity contribution in [2.24, 2.45) is 7.05 Å². The van der Waals surface area contributed by atoms with Crippen LogP contribution >= 0.6 is 0 Å². The number of aryl methyl sites for hydroxylation is 1. The van der Waals surface area contributed by atoms with Crippen LogP contribution in [0.1, 0.15) is 24.4 Å². The van der Waals surface area contributed by atoms with Gasteiger partial charge in [-0.3, -0.25) is 4.98 Å². The van der Waals surface area contributed by atoms with E-state index in [4.69, 9.17) is 0 Å². The van der Waals surface area contributed by atoms with Crippen molar-refractivity contribution in [2.45, 2.75) is 19.4 Å². The lowest BCUT2D eigenvalue weighted by atomic mass is 10.1. The minimum atomic E-state index is 0.243. The summed E-state index contributed by atoms with van der Waals surface area (Å²) in [5.74, 6) is 1.06. The van der Waals surface area contributed by atoms with E-state index in [1.807, 2.05) is 31.7 Å². The normalized spacial score (nSPS) is 12.7. The van der Waals surface area contributed by atoms with Crippen LogP contribution in [0.25, 0.3) is 10.9 Å². The van der Waals surface area contributed by atoms with Gasteiger partial charge in [-0.2, -0.15) is 0 Å². The monoisotopic (exact) mass is 280 g/mol. The van der Waals surface area contributed by atoms with Gasteiger partial charge >= 0.3 is 0 Å². The van der Waals surface area contributed by atoms with E-state index in [9.17, 15) is 0 Å². The van der Waals surface area contributed by atoms with Crippen LogP contribution in [0.4, 0.5) is 0 Å². The van der Waals surface area contributed by atoms with Crippen molar-refractivity contribution < 1.29 is 0 Å². The van der Waals surface area contributed by atoms with Gasteiger partial charge in [0.2, 0.25) is 0 Å². The minimum absolute atomic E-state index is 0.243. The molecule has 2 aromatic heterocycles. The first-order valence-electron chi connectivity index (χ1n) is 7.29. The average Bonchev–Trinajstić information content (AvgIpc) is 2.93. The summed E-state index contributed by atoms with van der Waals surface area (Å²) in [7, 11) is 2.02. The highest BCUT2D eigenvalue weighted by molar-refractivity contribution is 5.81. The van der Waals surface area contributed by atoms with Crippen LogP contribution in [0.2, 0.25) is 0 Å². The number of imidazole rings is 1. The Morgan fingerprint density at radius 2 is 2.00 bits per heavy atom. The molecule has 1 atom stereocenters. The molecular formula is C17H20N4. The molecule has 0 radical (unpaired) electrons. The van der Waals surface area contributed by atoms with E-state index in [-0.39, 0.29) is 6.04 Å². The summed E-state index contributed by atoms with van der Waals surface area (Å²) in [5, 5.41) is 4.73. The number of aromatic nitrogens is 3. The second-order valence-electron chi connectivity index (χ2n) is 5.31. The van der Waals surface area contributed by atoms with Crippen LogP contribution in [0.5, 0.6) is 0 Å². The Bertz CT molecular complexity index is 727. The molecule has 1 aromatic carbocycles. The molecule has 0 amide bonds. The molecule has 0 aliphatic heterocycles. The largest absolute Gasteiger partial charge is 0.337 e. The lowest BCUT2D eigenvalue weighted by molar-refractivity contribution is 0.533. The highest BCUT2D eigenvalue weighted by Gasteiger charge is 2.09. The summed E-state index contributed by atoms with van der Waals surface area (Å²) < 4.78 is 2.05. The van der Waals surface area contributed by atoms with Crippen molar-refractivity contribution in [1.82, 2.24) is 19.9 Å². The van der Waals surface area contributed by atoms with Crippen molar-refractivity contribution in [2.75, 3.05) is 6.54 Å². The standard InChI is InChI=1S/C17H20N4/c1-13(17-20-11-12-21(17)2)18-10-8-15-6-3-5-14-7-4-9-19-16(14)15/h3-7,9,11-13,18H,8,10H2,1-2H3. The second-order valence-corrected chi connectivity index (χ2v) is 5.31. The van der Waals surface area contributed by atoms with Crippen LogP contribution < -0.4 is 5.32 Å². The molecule has 0 fully saturated rings. The van der Waals surface area contributed by atoms with Crippen LogP contribution in [-0.2, 0) is 13.5 Å². The predicted octanol–water partition coefficient (Wildman–Crippen LogP) is 2.86. The topological polar surface area (TPSA) is 42.7 Å². The van der Waals surface area contributed by atoms with Gasteiger partial charge in [-0.05, 0) is 31.5 Å². The first kappa shape index (κ1) is 13.8. The maximum absolute atomic E-state index is 4.50. The highest BCUT2D eigenvalue weighted by atomic mass is 15.1. The first-order valence-corrected chi connectivity index (χ1v) is 7.29. The first-order chi connectivity index (χ1) is 10.3. The van der Waals surface area contributed by atoms with Gasteiger partial charge in [-0.1, -0.05) is 24.3 Å². The molecule has 3 rings (SSSR count). The molecule has 1 N–H and O–H groups in total. The molecule has 108 valence electrons. The number of para-hydroxylation sites is 1. The van der Waals surface area contributed by atoms with Gasteiger partial charge in [0.1, 0.15) is 5.82 Å². The van der Waals surface area contributed by atoms with Crippen molar-refractivity contribution in [1.29, 1.82) is 0 Å². The zero-order valence-electron chi connectivity index (χ0n) is 12.5. The average molecular weight is 280 g/mol. The summed E-state index contributed by atoms with van der Waals surface area (Å²) in [6.07, 6.45) is 6.63. The van der Waals surface area contributed by atoms with Gasteiger partial charge in [0.05, 0.1) is 11.6 Å². The Kier molecular flexibility index (Phi) is 3.97. The van der Waals surface area contributed by atoms with Gasteiger partial charge in [-0.25, -0.2) is 4.98 Å². The summed E-state index contributed by atoms with van der Waals surface area (Å²) in [6, 6.07) is 10.7. The van der Waals surface area contributed by atoms with E-state index < -0.39 is 0 Å². The maximum Gasteiger partial charge on any atom is 0.125 e. The number of nitrogens with zero attached hydrogens (tertiary/aromatic N) is 3. The zero-order valence-corrected chi connectivity index (χ0v) is 12.5. The third-order valence-electron chi connectivity index (χ3n) is 3.81. The molecule has 0 saturated heterocycles. The number of rotatable bonds is 5. The van der Waals surface area contributed by atoms with Gasteiger partial charge in [0, 0.05) is 31.0 Å². The molecule has 1 unspecified atom stereocenters. The molecule has 0 saturated carbocycles. The molecule has 2 heterocycles. The molecule has 3 aromatic rings. The molecule has 0 aliphatic carbocycles.